The van der Waals surface area contributed by atoms with Gasteiger partial charge in [-0.1, -0.05) is 26.8 Å². The van der Waals surface area contributed by atoms with E-state index < -0.39 is 5.41 Å². The molecule has 10 heteroatoms. The van der Waals surface area contributed by atoms with Crippen molar-refractivity contribution in [3.63, 3.8) is 0 Å². The third-order valence-electron chi connectivity index (χ3n) is 5.94. The van der Waals surface area contributed by atoms with E-state index in [1.54, 1.807) is 31.0 Å². The summed E-state index contributed by atoms with van der Waals surface area (Å²) in [7, 11) is 0. The Morgan fingerprint density at radius 2 is 1.76 bits per heavy atom. The molecule has 37 heavy (non-hydrogen) atoms. The van der Waals surface area contributed by atoms with Crippen LogP contribution in [0.5, 0.6) is 0 Å². The largest absolute Gasteiger partial charge is 0.335 e. The molecule has 0 aliphatic heterocycles. The van der Waals surface area contributed by atoms with Gasteiger partial charge in [-0.25, -0.2) is 9.97 Å². The molecular formula is C27H23N9O. The van der Waals surface area contributed by atoms with Crippen LogP contribution in [-0.4, -0.2) is 46.0 Å². The van der Waals surface area contributed by atoms with Crippen molar-refractivity contribution in [3.05, 3.63) is 67.4 Å². The molecule has 6 rings (SSSR count). The average molecular weight is 490 g/mol. The summed E-state index contributed by atoms with van der Waals surface area (Å²) in [4.78, 5) is 38.5. The fourth-order valence-corrected chi connectivity index (χ4v) is 3.95. The predicted octanol–water partition coefficient (Wildman–Crippen LogP) is 5.00. The van der Waals surface area contributed by atoms with Gasteiger partial charge in [0.05, 0.1) is 40.5 Å². The first-order valence-corrected chi connectivity index (χ1v) is 11.7. The minimum absolute atomic E-state index is 0.0866. The van der Waals surface area contributed by atoms with Gasteiger partial charge in [0.2, 0.25) is 5.91 Å². The predicted molar refractivity (Wildman–Crippen MR) is 141 cm³/mol. The minimum Gasteiger partial charge on any atom is -0.335 e. The van der Waals surface area contributed by atoms with E-state index in [1.807, 2.05) is 57.2 Å². The van der Waals surface area contributed by atoms with Gasteiger partial charge < -0.3 is 10.3 Å². The van der Waals surface area contributed by atoms with Crippen LogP contribution in [0.1, 0.15) is 20.8 Å². The minimum atomic E-state index is -0.516. The lowest BCUT2D eigenvalue weighted by Crippen LogP contribution is -2.27. The topological polar surface area (TPSA) is 138 Å². The number of aromatic nitrogens is 8. The second-order valence-corrected chi connectivity index (χ2v) is 9.71. The van der Waals surface area contributed by atoms with Crippen LogP contribution in [0.4, 0.5) is 5.69 Å². The van der Waals surface area contributed by atoms with Crippen LogP contribution >= 0.6 is 0 Å². The van der Waals surface area contributed by atoms with E-state index >= 15 is 0 Å². The number of imidazole rings is 1. The molecule has 6 heterocycles. The Morgan fingerprint density at radius 3 is 2.57 bits per heavy atom. The van der Waals surface area contributed by atoms with Crippen molar-refractivity contribution in [2.75, 3.05) is 5.32 Å². The number of pyridine rings is 4. The maximum atomic E-state index is 12.4. The average Bonchev–Trinajstić information content (AvgIpc) is 3.52. The Hall–Kier alpha value is -4.99. The molecule has 0 fully saturated rings. The Labute approximate surface area is 211 Å². The number of carbonyl (C=O) groups is 1. The molecule has 0 saturated heterocycles. The van der Waals surface area contributed by atoms with Crippen molar-refractivity contribution in [3.8, 4) is 34.0 Å². The highest BCUT2D eigenvalue weighted by Gasteiger charge is 2.22. The highest BCUT2D eigenvalue weighted by molar-refractivity contribution is 5.96. The Bertz CT molecular complexity index is 1760. The van der Waals surface area contributed by atoms with Crippen molar-refractivity contribution >= 4 is 33.7 Å². The molecule has 3 N–H and O–H groups in total. The molecule has 182 valence electrons. The van der Waals surface area contributed by atoms with Crippen LogP contribution in [0.2, 0.25) is 0 Å². The first-order valence-electron chi connectivity index (χ1n) is 11.7. The molecule has 0 saturated carbocycles. The number of hydrogen-bond acceptors (Lipinski definition) is 7. The number of H-pyrrole nitrogens is 2. The molecule has 6 aromatic heterocycles. The Balaban J connectivity index is 1.40. The second-order valence-electron chi connectivity index (χ2n) is 9.71. The van der Waals surface area contributed by atoms with Gasteiger partial charge >= 0.3 is 0 Å². The van der Waals surface area contributed by atoms with E-state index in [0.717, 1.165) is 33.4 Å². The quantitative estimate of drug-likeness (QED) is 0.317. The van der Waals surface area contributed by atoms with Gasteiger partial charge in [-0.15, -0.1) is 0 Å². The van der Waals surface area contributed by atoms with Gasteiger partial charge in [0.1, 0.15) is 11.0 Å². The molecule has 1 amide bonds. The van der Waals surface area contributed by atoms with Gasteiger partial charge in [0.25, 0.3) is 0 Å². The maximum absolute atomic E-state index is 12.4. The molecule has 0 aromatic carbocycles. The number of fused-ring (bicyclic) bond motifs is 2. The summed E-state index contributed by atoms with van der Waals surface area (Å²) in [6, 6.07) is 11.4. The summed E-state index contributed by atoms with van der Waals surface area (Å²) in [5, 5.41) is 10.5. The monoisotopic (exact) mass is 489 g/mol. The summed E-state index contributed by atoms with van der Waals surface area (Å²) in [6.07, 6.45) is 8.57. The van der Waals surface area contributed by atoms with Crippen molar-refractivity contribution in [1.29, 1.82) is 0 Å². The van der Waals surface area contributed by atoms with E-state index in [4.69, 9.17) is 9.97 Å². The number of rotatable bonds is 4. The number of aromatic amines is 2. The van der Waals surface area contributed by atoms with E-state index in [0.29, 0.717) is 28.4 Å². The maximum Gasteiger partial charge on any atom is 0.229 e. The van der Waals surface area contributed by atoms with Crippen molar-refractivity contribution < 1.29 is 4.79 Å². The van der Waals surface area contributed by atoms with Gasteiger partial charge in [0, 0.05) is 35.1 Å². The van der Waals surface area contributed by atoms with Crippen molar-refractivity contribution in [1.82, 2.24) is 40.1 Å². The zero-order valence-electron chi connectivity index (χ0n) is 20.4. The smallest absolute Gasteiger partial charge is 0.229 e. The molecule has 10 nitrogen and oxygen atoms in total. The van der Waals surface area contributed by atoms with Crippen LogP contribution < -0.4 is 5.32 Å². The molecule has 0 radical (unpaired) electrons. The zero-order valence-corrected chi connectivity index (χ0v) is 20.4. The summed E-state index contributed by atoms with van der Waals surface area (Å²) in [6.45, 7) is 5.59. The third-order valence-corrected chi connectivity index (χ3v) is 5.94. The van der Waals surface area contributed by atoms with Crippen LogP contribution in [-0.2, 0) is 4.79 Å². The lowest BCUT2D eigenvalue weighted by atomic mass is 9.95. The number of nitrogens with zero attached hydrogens (tertiary/aromatic N) is 6. The summed E-state index contributed by atoms with van der Waals surface area (Å²) in [5.74, 6) is 0.483. The molecule has 6 aromatic rings. The number of anilines is 1. The lowest BCUT2D eigenvalue weighted by molar-refractivity contribution is -0.123. The van der Waals surface area contributed by atoms with E-state index in [9.17, 15) is 4.79 Å². The van der Waals surface area contributed by atoms with Gasteiger partial charge in [0.15, 0.2) is 11.5 Å². The normalized spacial score (nSPS) is 11.8. The molecule has 0 aliphatic rings. The fraction of sp³-hybridized carbons (Fsp3) is 0.148. The number of amides is 1. The highest BCUT2D eigenvalue weighted by Crippen LogP contribution is 2.31. The summed E-state index contributed by atoms with van der Waals surface area (Å²) >= 11 is 0. The number of hydrogen-bond donors (Lipinski definition) is 3. The van der Waals surface area contributed by atoms with Crippen molar-refractivity contribution in [2.24, 2.45) is 5.41 Å². The molecular weight excluding hydrogens is 466 g/mol. The SMILES string of the molecule is CC(C)(C)C(=O)Nc1cncc(-c2ccc3[nH]nc(-c4nc5c(-c6ccccn6)cncc5[nH]4)c3n2)c1. The third kappa shape index (κ3) is 4.18. The van der Waals surface area contributed by atoms with Gasteiger partial charge in [-0.05, 0) is 30.3 Å². The Morgan fingerprint density at radius 1 is 0.892 bits per heavy atom. The standard InChI is InChI=1S/C27H23N9O/c1-27(2,3)26(37)31-16-10-15(11-28-12-16)18-7-8-20-23(32-18)24(36-35-20)25-33-21-14-29-13-17(22(21)34-25)19-6-4-5-9-30-19/h4-14H,1-3H3,(H,31,37)(H,33,34)(H,35,36). The van der Waals surface area contributed by atoms with E-state index in [-0.39, 0.29) is 5.91 Å². The molecule has 0 aliphatic carbocycles. The first kappa shape index (κ1) is 22.5. The van der Waals surface area contributed by atoms with E-state index in [1.165, 1.54) is 0 Å². The molecule has 0 bridgehead atoms. The van der Waals surface area contributed by atoms with Crippen molar-refractivity contribution in [2.45, 2.75) is 20.8 Å². The molecule has 0 atom stereocenters. The highest BCUT2D eigenvalue weighted by atomic mass is 16.2. The van der Waals surface area contributed by atoms with Crippen LogP contribution in [0.25, 0.3) is 56.1 Å². The zero-order chi connectivity index (χ0) is 25.6. The summed E-state index contributed by atoms with van der Waals surface area (Å²) < 4.78 is 0. The fourth-order valence-electron chi connectivity index (χ4n) is 3.95. The Kier molecular flexibility index (Phi) is 5.22. The lowest BCUT2D eigenvalue weighted by Gasteiger charge is -2.17. The van der Waals surface area contributed by atoms with E-state index in [2.05, 4.69) is 35.5 Å². The van der Waals surface area contributed by atoms with Gasteiger partial charge in [-0.3, -0.25) is 24.8 Å². The van der Waals surface area contributed by atoms with Crippen LogP contribution in [0.15, 0.2) is 67.4 Å². The van der Waals surface area contributed by atoms with Gasteiger partial charge in [-0.2, -0.15) is 5.10 Å². The number of nitrogens with one attached hydrogen (secondary N) is 3. The van der Waals surface area contributed by atoms with Crippen LogP contribution in [0.3, 0.4) is 0 Å². The second kappa shape index (κ2) is 8.59. The first-order chi connectivity index (χ1) is 17.9. The molecule has 0 unspecified atom stereocenters. The molecule has 0 spiro atoms. The summed E-state index contributed by atoms with van der Waals surface area (Å²) in [5.41, 5.74) is 6.72. The van der Waals surface area contributed by atoms with Crippen LogP contribution in [0, 0.1) is 5.41 Å². The number of carbonyl (C=O) groups excluding carboxylic acids is 1.